The van der Waals surface area contributed by atoms with Crippen LogP contribution in [0.3, 0.4) is 0 Å². The molecule has 1 unspecified atom stereocenters. The Bertz CT molecular complexity index is 819. The Morgan fingerprint density at radius 1 is 1.21 bits per heavy atom. The Kier molecular flexibility index (Phi) is 6.05. The van der Waals surface area contributed by atoms with E-state index in [1.54, 1.807) is 6.07 Å². The van der Waals surface area contributed by atoms with Crippen molar-refractivity contribution < 1.29 is 23.9 Å². The van der Waals surface area contributed by atoms with E-state index < -0.39 is 29.4 Å². The molecule has 1 aliphatic carbocycles. The minimum Gasteiger partial charge on any atom is -0.483 e. The molecule has 0 radical (unpaired) electrons. The van der Waals surface area contributed by atoms with Gasteiger partial charge in [0.05, 0.1) is 0 Å². The lowest BCUT2D eigenvalue weighted by molar-refractivity contribution is -0.139. The normalized spacial score (nSPS) is 18.5. The van der Waals surface area contributed by atoms with E-state index in [9.17, 15) is 19.2 Å². The number of nitrogens with one attached hydrogen (secondary N) is 3. The number of nitrogens with zero attached hydrogens (tertiary/aromatic N) is 1. The van der Waals surface area contributed by atoms with Crippen molar-refractivity contribution >= 4 is 23.8 Å². The summed E-state index contributed by atoms with van der Waals surface area (Å²) in [7, 11) is 0. The fourth-order valence-corrected chi connectivity index (χ4v) is 3.78. The maximum atomic E-state index is 12.7. The fourth-order valence-electron chi connectivity index (χ4n) is 3.78. The minimum atomic E-state index is -1.05. The van der Waals surface area contributed by atoms with Crippen LogP contribution in [-0.4, -0.2) is 46.8 Å². The van der Waals surface area contributed by atoms with E-state index >= 15 is 0 Å². The van der Waals surface area contributed by atoms with E-state index in [0.29, 0.717) is 18.6 Å². The molecule has 1 atom stereocenters. The van der Waals surface area contributed by atoms with Gasteiger partial charge in [0.1, 0.15) is 17.3 Å². The number of aryl methyl sites for hydroxylation is 1. The van der Waals surface area contributed by atoms with Crippen LogP contribution in [0, 0.1) is 0 Å². The maximum Gasteiger partial charge on any atom is 0.325 e. The van der Waals surface area contributed by atoms with Crippen LogP contribution in [0.15, 0.2) is 24.3 Å². The summed E-state index contributed by atoms with van der Waals surface area (Å²) in [5.41, 5.74) is 4.59. The van der Waals surface area contributed by atoms with Gasteiger partial charge in [-0.25, -0.2) is 9.69 Å². The number of amides is 5. The quantitative estimate of drug-likeness (QED) is 0.485. The Morgan fingerprint density at radius 2 is 1.90 bits per heavy atom. The van der Waals surface area contributed by atoms with Crippen LogP contribution < -0.4 is 20.9 Å². The Labute approximate surface area is 169 Å². The summed E-state index contributed by atoms with van der Waals surface area (Å²) < 4.78 is 5.49. The van der Waals surface area contributed by atoms with Crippen molar-refractivity contribution in [3.63, 3.8) is 0 Å². The summed E-state index contributed by atoms with van der Waals surface area (Å²) in [5.74, 6) is -0.994. The number of rotatable bonds is 6. The number of hydrogen-bond acceptors (Lipinski definition) is 5. The molecule has 2 fully saturated rings. The number of carbonyl (C=O) groups is 4. The fraction of sp³-hybridized carbons (Fsp3) is 0.500. The molecule has 0 aromatic heterocycles. The van der Waals surface area contributed by atoms with Crippen molar-refractivity contribution in [2.75, 3.05) is 6.61 Å². The van der Waals surface area contributed by atoms with Crippen LogP contribution >= 0.6 is 0 Å². The van der Waals surface area contributed by atoms with Crippen LogP contribution in [0.1, 0.15) is 45.1 Å². The molecule has 1 spiro atoms. The van der Waals surface area contributed by atoms with Crippen molar-refractivity contribution in [2.24, 2.45) is 0 Å². The first-order valence-electron chi connectivity index (χ1n) is 9.83. The molecular formula is C20H26N4O5. The van der Waals surface area contributed by atoms with Gasteiger partial charge in [0.15, 0.2) is 6.61 Å². The monoisotopic (exact) mass is 402 g/mol. The van der Waals surface area contributed by atoms with Gasteiger partial charge in [-0.3, -0.25) is 25.2 Å². The summed E-state index contributed by atoms with van der Waals surface area (Å²) in [5, 5.41) is 2.73. The van der Waals surface area contributed by atoms with Gasteiger partial charge in [0.25, 0.3) is 17.7 Å². The minimum absolute atomic E-state index is 0.280. The molecule has 156 valence electrons. The summed E-state index contributed by atoms with van der Waals surface area (Å²) in [6, 6.07) is 5.74. The molecule has 1 aromatic rings. The predicted molar refractivity (Wildman–Crippen MR) is 104 cm³/mol. The highest BCUT2D eigenvalue weighted by atomic mass is 16.5. The van der Waals surface area contributed by atoms with Gasteiger partial charge in [0.2, 0.25) is 0 Å². The smallest absolute Gasteiger partial charge is 0.325 e. The van der Waals surface area contributed by atoms with E-state index in [1.807, 2.05) is 25.1 Å². The molecule has 3 rings (SSSR count). The largest absolute Gasteiger partial charge is 0.483 e. The van der Waals surface area contributed by atoms with E-state index in [-0.39, 0.29) is 12.5 Å². The van der Waals surface area contributed by atoms with Crippen molar-refractivity contribution in [2.45, 2.75) is 57.5 Å². The molecule has 1 heterocycles. The van der Waals surface area contributed by atoms with Gasteiger partial charge < -0.3 is 10.1 Å². The molecule has 1 saturated heterocycles. The van der Waals surface area contributed by atoms with Gasteiger partial charge in [0, 0.05) is 0 Å². The number of imide groups is 1. The maximum absolute atomic E-state index is 12.7. The van der Waals surface area contributed by atoms with Gasteiger partial charge in [-0.05, 0) is 37.8 Å². The molecule has 3 N–H and O–H groups in total. The summed E-state index contributed by atoms with van der Waals surface area (Å²) >= 11 is 0. The van der Waals surface area contributed by atoms with Crippen molar-refractivity contribution in [1.82, 2.24) is 21.1 Å². The second-order valence-corrected chi connectivity index (χ2v) is 7.36. The number of hydrazine groups is 1. The third kappa shape index (κ3) is 4.18. The summed E-state index contributed by atoms with van der Waals surface area (Å²) in [6.07, 6.45) is 3.64. The lowest BCUT2D eigenvalue weighted by Crippen LogP contribution is -2.54. The molecule has 5 amide bonds. The van der Waals surface area contributed by atoms with Crippen molar-refractivity contribution in [3.8, 4) is 5.75 Å². The highest BCUT2D eigenvalue weighted by Gasteiger charge is 2.54. The zero-order valence-electron chi connectivity index (χ0n) is 16.6. The topological polar surface area (TPSA) is 117 Å². The number of hydrogen-bond donors (Lipinski definition) is 3. The Morgan fingerprint density at radius 3 is 2.59 bits per heavy atom. The van der Waals surface area contributed by atoms with E-state index in [1.165, 1.54) is 6.92 Å². The van der Waals surface area contributed by atoms with Gasteiger partial charge in [-0.15, -0.1) is 0 Å². The van der Waals surface area contributed by atoms with Crippen LogP contribution in [0.25, 0.3) is 0 Å². The Balaban J connectivity index is 1.50. The first-order chi connectivity index (χ1) is 13.9. The highest BCUT2D eigenvalue weighted by molar-refractivity contribution is 6.10. The molecule has 29 heavy (non-hydrogen) atoms. The third-order valence-corrected chi connectivity index (χ3v) is 5.45. The molecule has 1 aromatic carbocycles. The zero-order chi connectivity index (χ0) is 21.0. The van der Waals surface area contributed by atoms with Crippen LogP contribution in [0.4, 0.5) is 4.79 Å². The number of benzene rings is 1. The first kappa shape index (κ1) is 20.6. The van der Waals surface area contributed by atoms with Crippen LogP contribution in [-0.2, 0) is 20.8 Å². The number of para-hydroxylation sites is 1. The number of carbonyl (C=O) groups excluding carboxylic acids is 4. The zero-order valence-corrected chi connectivity index (χ0v) is 16.6. The van der Waals surface area contributed by atoms with Crippen LogP contribution in [0.2, 0.25) is 0 Å². The molecule has 2 aliphatic rings. The summed E-state index contributed by atoms with van der Waals surface area (Å²) in [4.78, 5) is 50.2. The average molecular weight is 402 g/mol. The first-order valence-corrected chi connectivity index (χ1v) is 9.83. The van der Waals surface area contributed by atoms with Gasteiger partial charge in [-0.2, -0.15) is 0 Å². The van der Waals surface area contributed by atoms with Crippen molar-refractivity contribution in [3.05, 3.63) is 29.8 Å². The second-order valence-electron chi connectivity index (χ2n) is 7.36. The van der Waals surface area contributed by atoms with Crippen molar-refractivity contribution in [1.29, 1.82) is 0 Å². The van der Waals surface area contributed by atoms with E-state index in [2.05, 4.69) is 16.2 Å². The molecular weight excluding hydrogens is 376 g/mol. The highest BCUT2D eigenvalue weighted by Crippen LogP contribution is 2.35. The molecule has 9 nitrogen and oxygen atoms in total. The standard InChI is InChI=1S/C20H26N4O5/c1-3-14-8-4-5-9-15(14)29-12-16(25)22-23-17(26)13(2)24-18(27)20(21-19(24)28)10-6-7-11-20/h4-5,8-9,13H,3,6-7,10-12H2,1-2H3,(H,21,28)(H,22,25)(H,23,26). The van der Waals surface area contributed by atoms with Crippen LogP contribution in [0.5, 0.6) is 5.75 Å². The molecule has 1 aliphatic heterocycles. The van der Waals surface area contributed by atoms with E-state index in [4.69, 9.17) is 4.74 Å². The second kappa shape index (κ2) is 8.50. The predicted octanol–water partition coefficient (Wildman–Crippen LogP) is 1.03. The number of urea groups is 1. The average Bonchev–Trinajstić information content (AvgIpc) is 3.28. The van der Waals surface area contributed by atoms with Gasteiger partial charge in [-0.1, -0.05) is 38.0 Å². The lowest BCUT2D eigenvalue weighted by Gasteiger charge is -2.23. The lowest BCUT2D eigenvalue weighted by atomic mass is 9.97. The molecule has 9 heteroatoms. The Hall–Kier alpha value is -3.10. The van der Waals surface area contributed by atoms with E-state index in [0.717, 1.165) is 29.7 Å². The third-order valence-electron chi connectivity index (χ3n) is 5.45. The SMILES string of the molecule is CCc1ccccc1OCC(=O)NNC(=O)C(C)N1C(=O)NC2(CCCC2)C1=O. The van der Waals surface area contributed by atoms with Gasteiger partial charge >= 0.3 is 6.03 Å². The number of ether oxygens (including phenoxy) is 1. The molecule has 1 saturated carbocycles. The summed E-state index contributed by atoms with van der Waals surface area (Å²) in [6.45, 7) is 3.15. The molecule has 0 bridgehead atoms.